The average molecular weight is 200 g/mol. The second-order valence-corrected chi connectivity index (χ2v) is 5.27. The van der Waals surface area contributed by atoms with E-state index in [1.807, 2.05) is 11.8 Å². The van der Waals surface area contributed by atoms with E-state index < -0.39 is 0 Å². The second kappa shape index (κ2) is 5.69. The summed E-state index contributed by atoms with van der Waals surface area (Å²) in [6.07, 6.45) is 4.35. The molecule has 0 aromatic carbocycles. The van der Waals surface area contributed by atoms with Gasteiger partial charge < -0.3 is 0 Å². The molecular weight excluding hydrogens is 180 g/mol. The van der Waals surface area contributed by atoms with Crippen molar-refractivity contribution < 1.29 is 4.79 Å². The molecule has 1 aliphatic heterocycles. The van der Waals surface area contributed by atoms with Crippen LogP contribution in [0.15, 0.2) is 0 Å². The van der Waals surface area contributed by atoms with Crippen LogP contribution in [0.1, 0.15) is 39.5 Å². The molecule has 0 saturated carbocycles. The Morgan fingerprint density at radius 2 is 2.38 bits per heavy atom. The Kier molecular flexibility index (Phi) is 4.86. The van der Waals surface area contributed by atoms with Gasteiger partial charge in [0.05, 0.1) is 0 Å². The molecule has 0 bridgehead atoms. The third-order valence-electron chi connectivity index (χ3n) is 2.72. The highest BCUT2D eigenvalue weighted by atomic mass is 32.2. The molecule has 1 saturated heterocycles. The van der Waals surface area contributed by atoms with Gasteiger partial charge in [-0.3, -0.25) is 4.79 Å². The largest absolute Gasteiger partial charge is 0.299 e. The molecule has 13 heavy (non-hydrogen) atoms. The molecule has 1 fully saturated rings. The first-order chi connectivity index (χ1) is 6.24. The van der Waals surface area contributed by atoms with E-state index in [2.05, 4.69) is 13.8 Å². The molecule has 1 heterocycles. The summed E-state index contributed by atoms with van der Waals surface area (Å²) in [5.74, 6) is 3.79. The smallest absolute Gasteiger partial charge is 0.137 e. The van der Waals surface area contributed by atoms with Crippen molar-refractivity contribution >= 4 is 17.5 Å². The highest BCUT2D eigenvalue weighted by Crippen LogP contribution is 2.26. The molecule has 1 nitrogen and oxygen atoms in total. The topological polar surface area (TPSA) is 17.1 Å². The summed E-state index contributed by atoms with van der Waals surface area (Å²) < 4.78 is 0. The zero-order valence-electron chi connectivity index (χ0n) is 8.71. The maximum Gasteiger partial charge on any atom is 0.137 e. The van der Waals surface area contributed by atoms with Gasteiger partial charge in [0, 0.05) is 18.1 Å². The molecule has 2 heteroatoms. The Labute approximate surface area is 85.7 Å². The number of carbonyl (C=O) groups is 1. The number of hydrogen-bond donors (Lipinski definition) is 0. The Morgan fingerprint density at radius 3 is 2.92 bits per heavy atom. The summed E-state index contributed by atoms with van der Waals surface area (Å²) in [4.78, 5) is 11.7. The summed E-state index contributed by atoms with van der Waals surface area (Å²) in [5.41, 5.74) is 0. The van der Waals surface area contributed by atoms with Crippen LogP contribution in [0.25, 0.3) is 0 Å². The molecule has 1 aliphatic rings. The average Bonchev–Trinajstić information content (AvgIpc) is 2.55. The quantitative estimate of drug-likeness (QED) is 0.678. The van der Waals surface area contributed by atoms with Crippen molar-refractivity contribution in [3.63, 3.8) is 0 Å². The van der Waals surface area contributed by atoms with Crippen LogP contribution in [0.2, 0.25) is 0 Å². The summed E-state index contributed by atoms with van der Waals surface area (Å²) in [5, 5.41) is 0. The van der Waals surface area contributed by atoms with Gasteiger partial charge in [-0.05, 0) is 18.1 Å². The standard InChI is InChI=1S/C11H20OS/c1-3-4-9(2)7-11(12)10-5-6-13-8-10/h9-10H,3-8H2,1-2H3. The van der Waals surface area contributed by atoms with Gasteiger partial charge in [-0.2, -0.15) is 11.8 Å². The van der Waals surface area contributed by atoms with E-state index in [0.29, 0.717) is 17.6 Å². The van der Waals surface area contributed by atoms with E-state index >= 15 is 0 Å². The number of rotatable bonds is 5. The third kappa shape index (κ3) is 3.72. The molecule has 0 aromatic rings. The van der Waals surface area contributed by atoms with Crippen LogP contribution in [0, 0.1) is 11.8 Å². The molecule has 2 atom stereocenters. The van der Waals surface area contributed by atoms with Gasteiger partial charge in [0.15, 0.2) is 0 Å². The van der Waals surface area contributed by atoms with Crippen LogP contribution in [0.3, 0.4) is 0 Å². The number of thioether (sulfide) groups is 1. The van der Waals surface area contributed by atoms with Crippen LogP contribution in [-0.4, -0.2) is 17.3 Å². The van der Waals surface area contributed by atoms with Crippen molar-refractivity contribution in [3.05, 3.63) is 0 Å². The van der Waals surface area contributed by atoms with Gasteiger partial charge in [0.25, 0.3) is 0 Å². The Balaban J connectivity index is 2.23. The second-order valence-electron chi connectivity index (χ2n) is 4.12. The summed E-state index contributed by atoms with van der Waals surface area (Å²) in [6.45, 7) is 4.38. The molecule has 2 unspecified atom stereocenters. The molecular formula is C11H20OS. The highest BCUT2D eigenvalue weighted by Gasteiger charge is 2.23. The van der Waals surface area contributed by atoms with Crippen molar-refractivity contribution in [3.8, 4) is 0 Å². The zero-order chi connectivity index (χ0) is 9.68. The van der Waals surface area contributed by atoms with Crippen LogP contribution in [-0.2, 0) is 4.79 Å². The van der Waals surface area contributed by atoms with E-state index in [4.69, 9.17) is 0 Å². The molecule has 0 spiro atoms. The van der Waals surface area contributed by atoms with Crippen LogP contribution >= 0.6 is 11.8 Å². The lowest BCUT2D eigenvalue weighted by Crippen LogP contribution is -2.16. The van der Waals surface area contributed by atoms with E-state index in [9.17, 15) is 4.79 Å². The van der Waals surface area contributed by atoms with Crippen molar-refractivity contribution in [1.29, 1.82) is 0 Å². The van der Waals surface area contributed by atoms with Gasteiger partial charge in [-0.15, -0.1) is 0 Å². The lowest BCUT2D eigenvalue weighted by atomic mass is 9.92. The molecule has 76 valence electrons. The minimum Gasteiger partial charge on any atom is -0.299 e. The lowest BCUT2D eigenvalue weighted by Gasteiger charge is -2.12. The zero-order valence-corrected chi connectivity index (χ0v) is 9.53. The summed E-state index contributed by atoms with van der Waals surface area (Å²) >= 11 is 1.93. The number of hydrogen-bond acceptors (Lipinski definition) is 2. The summed E-state index contributed by atoms with van der Waals surface area (Å²) in [7, 11) is 0. The molecule has 0 N–H and O–H groups in total. The highest BCUT2D eigenvalue weighted by molar-refractivity contribution is 7.99. The normalized spacial score (nSPS) is 24.6. The predicted octanol–water partition coefficient (Wildman–Crippen LogP) is 3.13. The van der Waals surface area contributed by atoms with Crippen molar-refractivity contribution in [2.45, 2.75) is 39.5 Å². The monoisotopic (exact) mass is 200 g/mol. The minimum absolute atomic E-state index is 0.393. The van der Waals surface area contributed by atoms with Crippen molar-refractivity contribution in [2.24, 2.45) is 11.8 Å². The fourth-order valence-corrected chi connectivity index (χ4v) is 3.15. The van der Waals surface area contributed by atoms with E-state index in [1.54, 1.807) is 0 Å². The maximum atomic E-state index is 11.7. The third-order valence-corrected chi connectivity index (χ3v) is 3.88. The number of Topliss-reactive ketones (excluding diaryl/α,β-unsaturated/α-hetero) is 1. The Morgan fingerprint density at radius 1 is 1.62 bits per heavy atom. The fraction of sp³-hybridized carbons (Fsp3) is 0.909. The van der Waals surface area contributed by atoms with E-state index in [1.165, 1.54) is 18.6 Å². The van der Waals surface area contributed by atoms with Crippen molar-refractivity contribution in [2.75, 3.05) is 11.5 Å². The van der Waals surface area contributed by atoms with Gasteiger partial charge in [-0.25, -0.2) is 0 Å². The maximum absolute atomic E-state index is 11.7. The first kappa shape index (κ1) is 11.1. The number of carbonyl (C=O) groups excluding carboxylic acids is 1. The number of ketones is 1. The SMILES string of the molecule is CCCC(C)CC(=O)C1CCSC1. The molecule has 0 aliphatic carbocycles. The first-order valence-corrected chi connectivity index (χ1v) is 6.50. The molecule has 0 amide bonds. The van der Waals surface area contributed by atoms with Gasteiger partial charge in [0.2, 0.25) is 0 Å². The van der Waals surface area contributed by atoms with Crippen LogP contribution < -0.4 is 0 Å². The Hall–Kier alpha value is 0.0200. The summed E-state index contributed by atoms with van der Waals surface area (Å²) in [6, 6.07) is 0. The Bertz CT molecular complexity index is 161. The first-order valence-electron chi connectivity index (χ1n) is 5.34. The fourth-order valence-electron chi connectivity index (χ4n) is 1.89. The van der Waals surface area contributed by atoms with Crippen LogP contribution in [0.5, 0.6) is 0 Å². The molecule has 0 aromatic heterocycles. The van der Waals surface area contributed by atoms with Gasteiger partial charge >= 0.3 is 0 Å². The molecule has 1 rings (SSSR count). The van der Waals surface area contributed by atoms with Crippen LogP contribution in [0.4, 0.5) is 0 Å². The van der Waals surface area contributed by atoms with Crippen molar-refractivity contribution in [1.82, 2.24) is 0 Å². The lowest BCUT2D eigenvalue weighted by molar-refractivity contribution is -0.123. The minimum atomic E-state index is 0.393. The predicted molar refractivity (Wildman–Crippen MR) is 59.1 cm³/mol. The van der Waals surface area contributed by atoms with E-state index in [0.717, 1.165) is 18.6 Å². The molecule has 0 radical (unpaired) electrons. The van der Waals surface area contributed by atoms with Gasteiger partial charge in [0.1, 0.15) is 5.78 Å². The van der Waals surface area contributed by atoms with E-state index in [-0.39, 0.29) is 0 Å². The van der Waals surface area contributed by atoms with Gasteiger partial charge in [-0.1, -0.05) is 26.7 Å².